The van der Waals surface area contributed by atoms with Crippen LogP contribution in [0.5, 0.6) is 0 Å². The van der Waals surface area contributed by atoms with Crippen molar-refractivity contribution < 1.29 is 14.6 Å². The fourth-order valence-corrected chi connectivity index (χ4v) is 6.58. The number of pyridine rings is 1. The van der Waals surface area contributed by atoms with Gasteiger partial charge in [-0.05, 0) is 74.0 Å². The topological polar surface area (TPSA) is 84.1 Å². The van der Waals surface area contributed by atoms with Crippen LogP contribution in [0.2, 0.25) is 0 Å². The molecule has 4 aliphatic heterocycles. The molecular formula is C29H34ClN3O4. The second-order valence-electron chi connectivity index (χ2n) is 11.4. The molecule has 1 N–H and O–H groups in total. The van der Waals surface area contributed by atoms with Crippen LogP contribution in [0.3, 0.4) is 0 Å². The lowest BCUT2D eigenvalue weighted by Crippen LogP contribution is -2.40. The van der Waals surface area contributed by atoms with E-state index in [9.17, 15) is 14.7 Å². The third-order valence-electron chi connectivity index (χ3n) is 8.96. The first kappa shape index (κ1) is 24.8. The molecule has 1 saturated heterocycles. The van der Waals surface area contributed by atoms with E-state index in [0.29, 0.717) is 17.7 Å². The van der Waals surface area contributed by atoms with Crippen LogP contribution in [0, 0.1) is 11.8 Å². The number of piperidine rings is 1. The smallest absolute Gasteiger partial charge is 0.338 e. The molecule has 0 aromatic carbocycles. The number of dihydropyridines is 1. The van der Waals surface area contributed by atoms with E-state index in [0.717, 1.165) is 53.1 Å². The average molecular weight is 524 g/mol. The maximum absolute atomic E-state index is 13.7. The monoisotopic (exact) mass is 523 g/mol. The van der Waals surface area contributed by atoms with Crippen LogP contribution in [0.15, 0.2) is 49.8 Å². The van der Waals surface area contributed by atoms with Crippen LogP contribution in [0.4, 0.5) is 0 Å². The Balaban J connectivity index is 1.46. The minimum absolute atomic E-state index is 0.0611. The van der Waals surface area contributed by atoms with Crippen molar-refractivity contribution in [3.05, 3.63) is 67.1 Å². The first-order chi connectivity index (χ1) is 17.7. The molecule has 8 heteroatoms. The number of rotatable bonds is 3. The summed E-state index contributed by atoms with van der Waals surface area (Å²) in [6, 6.07) is 1.83. The van der Waals surface area contributed by atoms with Gasteiger partial charge in [0.2, 0.25) is 0 Å². The summed E-state index contributed by atoms with van der Waals surface area (Å²) in [5, 5.41) is 11.7. The van der Waals surface area contributed by atoms with Crippen molar-refractivity contribution in [3.8, 4) is 0 Å². The lowest BCUT2D eigenvalue weighted by Gasteiger charge is -2.37. The number of hydrogen-bond donors (Lipinski definition) is 1. The number of aliphatic imine (C=N–C) groups is 1. The molecule has 0 radical (unpaired) electrons. The second kappa shape index (κ2) is 9.07. The van der Waals surface area contributed by atoms with Gasteiger partial charge in [-0.25, -0.2) is 4.79 Å². The Bertz CT molecular complexity index is 1360. The number of hydrogen-bond acceptors (Lipinski definition) is 6. The predicted molar refractivity (Wildman–Crippen MR) is 143 cm³/mol. The normalized spacial score (nSPS) is 29.9. The van der Waals surface area contributed by atoms with Crippen LogP contribution in [-0.2, 0) is 29.1 Å². The highest BCUT2D eigenvalue weighted by molar-refractivity contribution is 6.32. The molecule has 1 aliphatic carbocycles. The third kappa shape index (κ3) is 4.06. The Morgan fingerprint density at radius 1 is 1.24 bits per heavy atom. The molecule has 1 aromatic heterocycles. The number of aliphatic hydroxyl groups is 1. The summed E-state index contributed by atoms with van der Waals surface area (Å²) < 4.78 is 7.12. The van der Waals surface area contributed by atoms with Crippen LogP contribution < -0.4 is 5.56 Å². The molecule has 7 nitrogen and oxygen atoms in total. The van der Waals surface area contributed by atoms with Gasteiger partial charge in [-0.2, -0.15) is 0 Å². The van der Waals surface area contributed by atoms with Crippen molar-refractivity contribution >= 4 is 23.3 Å². The third-order valence-corrected chi connectivity index (χ3v) is 9.39. The Hall–Kier alpha value is -2.48. The van der Waals surface area contributed by atoms with Gasteiger partial charge in [0.25, 0.3) is 5.56 Å². The number of allylic oxidation sites excluding steroid dienone is 3. The van der Waals surface area contributed by atoms with Crippen LogP contribution >= 0.6 is 11.6 Å². The molecule has 3 atom stereocenters. The van der Waals surface area contributed by atoms with Gasteiger partial charge in [-0.3, -0.25) is 14.7 Å². The fraction of sp³-hybridized carbons (Fsp3) is 0.552. The fourth-order valence-electron chi connectivity index (χ4n) is 6.39. The van der Waals surface area contributed by atoms with Crippen LogP contribution in [-0.4, -0.2) is 57.5 Å². The van der Waals surface area contributed by atoms with Gasteiger partial charge in [0.15, 0.2) is 5.60 Å². The average Bonchev–Trinajstić information content (AvgIpc) is 3.17. The van der Waals surface area contributed by atoms with Gasteiger partial charge in [0.05, 0.1) is 29.6 Å². The van der Waals surface area contributed by atoms with Gasteiger partial charge in [0.1, 0.15) is 6.61 Å². The zero-order chi connectivity index (χ0) is 26.1. The number of nitrogens with zero attached hydrogens (tertiary/aromatic N) is 3. The molecular weight excluding hydrogens is 490 g/mol. The van der Waals surface area contributed by atoms with E-state index in [1.54, 1.807) is 11.5 Å². The Kier molecular flexibility index (Phi) is 6.09. The molecule has 0 bridgehead atoms. The lowest BCUT2D eigenvalue weighted by molar-refractivity contribution is -0.166. The number of ether oxygens (including phenoxy) is 1. The molecule has 5 heterocycles. The molecule has 1 fully saturated rings. The number of carbonyl (C=O) groups is 1. The lowest BCUT2D eigenvalue weighted by atomic mass is 9.79. The van der Waals surface area contributed by atoms with Crippen molar-refractivity contribution in [2.45, 2.75) is 71.2 Å². The van der Waals surface area contributed by atoms with E-state index in [-0.39, 0.29) is 37.0 Å². The quantitative estimate of drug-likeness (QED) is 0.613. The molecule has 1 aromatic rings. The molecule has 37 heavy (non-hydrogen) atoms. The summed E-state index contributed by atoms with van der Waals surface area (Å²) >= 11 is 6.55. The van der Waals surface area contributed by atoms with Crippen LogP contribution in [0.25, 0.3) is 0 Å². The Morgan fingerprint density at radius 3 is 2.73 bits per heavy atom. The van der Waals surface area contributed by atoms with Crippen molar-refractivity contribution in [1.82, 2.24) is 9.47 Å². The SMILES string of the molecule is CC[C@]1(O)Cc2cc3n(c(=O)c2COC1=O)CC1=C(CN2CCC(C)CC2)C2C=C(C)C(Cl)=CC2N=C13. The van der Waals surface area contributed by atoms with E-state index in [1.165, 1.54) is 18.4 Å². The summed E-state index contributed by atoms with van der Waals surface area (Å²) in [5.74, 6) is 0.204. The molecule has 0 amide bonds. The minimum Gasteiger partial charge on any atom is -0.458 e. The first-order valence-electron chi connectivity index (χ1n) is 13.4. The number of fused-ring (bicyclic) bond motifs is 5. The number of esters is 1. The summed E-state index contributed by atoms with van der Waals surface area (Å²) in [4.78, 5) is 33.9. The zero-order valence-corrected chi connectivity index (χ0v) is 22.5. The van der Waals surface area contributed by atoms with Crippen molar-refractivity contribution in [3.63, 3.8) is 0 Å². The number of cyclic esters (lactones) is 1. The van der Waals surface area contributed by atoms with Gasteiger partial charge in [0, 0.05) is 29.5 Å². The number of likely N-dealkylation sites (tertiary alicyclic amines) is 1. The summed E-state index contributed by atoms with van der Waals surface area (Å²) in [5.41, 5.74) is 4.41. The van der Waals surface area contributed by atoms with Gasteiger partial charge in [-0.1, -0.05) is 31.5 Å². The van der Waals surface area contributed by atoms with E-state index < -0.39 is 11.6 Å². The first-order valence-corrected chi connectivity index (χ1v) is 13.8. The van der Waals surface area contributed by atoms with E-state index in [4.69, 9.17) is 21.3 Å². The molecule has 5 aliphatic rings. The highest BCUT2D eigenvalue weighted by atomic mass is 35.5. The van der Waals surface area contributed by atoms with Gasteiger partial charge >= 0.3 is 5.97 Å². The largest absolute Gasteiger partial charge is 0.458 e. The number of aromatic nitrogens is 1. The number of halogens is 1. The summed E-state index contributed by atoms with van der Waals surface area (Å²) in [6.07, 6.45) is 6.95. The van der Waals surface area contributed by atoms with Gasteiger partial charge in [-0.15, -0.1) is 0 Å². The molecule has 6 rings (SSSR count). The molecule has 196 valence electrons. The van der Waals surface area contributed by atoms with E-state index in [1.807, 2.05) is 19.1 Å². The standard InChI is InChI=1S/C29H34ClN3O4/c1-4-29(36)12-18-10-25-26-21(14-33(25)27(34)22(18)15-37-28(29)35)20(13-32-7-5-16(2)6-8-32)19-9-17(3)23(30)11-24(19)31-26/h9-11,16,19,24,36H,4-8,12-15H2,1-3H3/t19?,24?,29-/m0/s1. The highest BCUT2D eigenvalue weighted by Crippen LogP contribution is 2.41. The molecule has 0 saturated carbocycles. The summed E-state index contributed by atoms with van der Waals surface area (Å²) in [6.45, 7) is 9.45. The summed E-state index contributed by atoms with van der Waals surface area (Å²) in [7, 11) is 0. The maximum atomic E-state index is 13.7. The minimum atomic E-state index is -1.63. The predicted octanol–water partition coefficient (Wildman–Crippen LogP) is 3.50. The Labute approximate surface area is 222 Å². The number of carbonyl (C=O) groups excluding carboxylic acids is 1. The van der Waals surface area contributed by atoms with Crippen LogP contribution in [0.1, 0.15) is 56.9 Å². The van der Waals surface area contributed by atoms with E-state index in [2.05, 4.69) is 17.9 Å². The van der Waals surface area contributed by atoms with Crippen molar-refractivity contribution in [2.24, 2.45) is 16.8 Å². The van der Waals surface area contributed by atoms with E-state index >= 15 is 0 Å². The molecule has 0 spiro atoms. The second-order valence-corrected chi connectivity index (χ2v) is 11.8. The zero-order valence-electron chi connectivity index (χ0n) is 21.7. The van der Waals surface area contributed by atoms with Crippen molar-refractivity contribution in [1.29, 1.82) is 0 Å². The van der Waals surface area contributed by atoms with Gasteiger partial charge < -0.3 is 14.4 Å². The van der Waals surface area contributed by atoms with Crippen molar-refractivity contribution in [2.75, 3.05) is 19.6 Å². The Morgan fingerprint density at radius 2 is 2.00 bits per heavy atom. The maximum Gasteiger partial charge on any atom is 0.338 e. The molecule has 2 unspecified atom stereocenters. The highest BCUT2D eigenvalue weighted by Gasteiger charge is 2.43.